The second kappa shape index (κ2) is 23.7. The lowest BCUT2D eigenvalue weighted by atomic mass is 10.1. The summed E-state index contributed by atoms with van der Waals surface area (Å²) in [6, 6.07) is 32.7. The third-order valence-corrected chi connectivity index (χ3v) is 12.7. The molecule has 0 aliphatic heterocycles. The van der Waals surface area contributed by atoms with Crippen molar-refractivity contribution in [2.75, 3.05) is 31.3 Å². The van der Waals surface area contributed by atoms with Crippen molar-refractivity contribution in [2.24, 2.45) is 0 Å². The molecule has 80 heavy (non-hydrogen) atoms. The van der Waals surface area contributed by atoms with Gasteiger partial charge in [0, 0.05) is 52.6 Å². The van der Waals surface area contributed by atoms with Gasteiger partial charge in [0.1, 0.15) is 17.2 Å². The maximum atomic E-state index is 14.7. The van der Waals surface area contributed by atoms with Gasteiger partial charge in [0.2, 0.25) is 5.88 Å². The second-order valence-corrected chi connectivity index (χ2v) is 18.5. The molecule has 6 N–H and O–H groups in total. The molecule has 0 atom stereocenters. The Kier molecular flexibility index (Phi) is 16.4. The van der Waals surface area contributed by atoms with Crippen LogP contribution in [0, 0.1) is 0 Å². The summed E-state index contributed by atoms with van der Waals surface area (Å²) < 4.78 is 52.8. The van der Waals surface area contributed by atoms with E-state index in [1.807, 2.05) is 0 Å². The van der Waals surface area contributed by atoms with E-state index in [4.69, 9.17) is 67.5 Å². The number of amides is 6. The number of halogens is 8. The van der Waals surface area contributed by atoms with Crippen LogP contribution >= 0.6 is 58.0 Å². The fourth-order valence-electron chi connectivity index (χ4n) is 7.26. The highest BCUT2D eigenvalue weighted by Crippen LogP contribution is 2.37. The van der Waals surface area contributed by atoms with Crippen molar-refractivity contribution in [1.82, 2.24) is 30.2 Å². The predicted octanol–water partition coefficient (Wildman–Crippen LogP) is 13.3. The lowest BCUT2D eigenvalue weighted by Crippen LogP contribution is -2.53. The van der Waals surface area contributed by atoms with Crippen molar-refractivity contribution < 1.29 is 37.0 Å². The summed E-state index contributed by atoms with van der Waals surface area (Å²) in [5.74, 6) is -0.297. The molecule has 3 heterocycles. The number of carbonyl (C=O) groups excluding carboxylic acids is 3. The van der Waals surface area contributed by atoms with Crippen LogP contribution in [0.3, 0.4) is 0 Å². The van der Waals surface area contributed by atoms with Crippen molar-refractivity contribution in [3.63, 3.8) is 0 Å². The SMILES string of the molecule is O=C(Nc1ccc(Oc2ccc(=O)n(-c3cc(=O)[nH]nc3Oc3ccc(N(C(=O)Nc4ccc(Cl)c(Cl)c4)N(C(=O)Nc4ccc(Cl)c(Cl)c4)c4ccc(-c5ccc(=O)[nH]n5)cc4)cc3)n2)cc1)Nc1ccc(Cl)c(C(F)(F)F)c1. The number of anilines is 6. The molecule has 0 aliphatic rings. The summed E-state index contributed by atoms with van der Waals surface area (Å²) in [4.78, 5) is 79.8. The van der Waals surface area contributed by atoms with Gasteiger partial charge >= 0.3 is 24.3 Å². The molecule has 3 aromatic heterocycles. The van der Waals surface area contributed by atoms with Gasteiger partial charge in [-0.05, 0) is 121 Å². The van der Waals surface area contributed by atoms with Gasteiger partial charge in [0.25, 0.3) is 22.6 Å². The van der Waals surface area contributed by atoms with Crippen molar-refractivity contribution in [3.8, 4) is 40.2 Å². The minimum atomic E-state index is -4.75. The van der Waals surface area contributed by atoms with E-state index in [9.17, 15) is 41.9 Å². The zero-order chi connectivity index (χ0) is 56.8. The number of carbonyl (C=O) groups is 3. The Morgan fingerprint density at radius 1 is 0.512 bits per heavy atom. The molecule has 0 aliphatic carbocycles. The van der Waals surface area contributed by atoms with E-state index in [0.29, 0.717) is 17.3 Å². The molecule has 0 unspecified atom stereocenters. The Bertz CT molecular complexity index is 4000. The van der Waals surface area contributed by atoms with E-state index in [1.165, 1.54) is 121 Å². The number of hydrogen-bond acceptors (Lipinski definition) is 11. The minimum absolute atomic E-state index is 0.0333. The van der Waals surface area contributed by atoms with E-state index in [1.54, 1.807) is 12.1 Å². The summed E-state index contributed by atoms with van der Waals surface area (Å²) in [6.07, 6.45) is -4.75. The van der Waals surface area contributed by atoms with Gasteiger partial charge in [0.05, 0.1) is 47.7 Å². The zero-order valence-electron chi connectivity index (χ0n) is 40.0. The summed E-state index contributed by atoms with van der Waals surface area (Å²) in [5, 5.41) is 29.4. The molecular weight excluding hydrogens is 1150 g/mol. The number of urea groups is 3. The highest BCUT2D eigenvalue weighted by atomic mass is 35.5. The number of hydrogen-bond donors (Lipinski definition) is 6. The molecule has 0 bridgehead atoms. The van der Waals surface area contributed by atoms with Crippen LogP contribution < -0.4 is 57.4 Å². The molecule has 6 amide bonds. The summed E-state index contributed by atoms with van der Waals surface area (Å²) in [5.41, 5.74) is -1.72. The fourth-order valence-corrected chi connectivity index (χ4v) is 8.08. The standard InChI is InChI=1S/C52H32Cl5F3N12O8/c53-37-16-5-29(23-36(37)52(58,59)60)62-49(76)61-28-3-12-34(13-4-28)79-46-21-22-47(75)70(69-46)43-26-45(74)67-68-48(43)80-35-14-10-33(11-15-35)72(51(78)64-31-7-18-39(55)41(57)25-31)71(50(77)63-30-6-17-38(54)40(56)24-30)32-8-1-27(2-9-32)42-19-20-44(73)66-65-42/h1-26H,(H,63,77)(H,64,78)(H,66,73)(H,67,74)(H2,61,62,76). The number of aromatic nitrogens is 6. The first-order valence-electron chi connectivity index (χ1n) is 22.7. The number of nitrogens with zero attached hydrogens (tertiary/aromatic N) is 6. The maximum absolute atomic E-state index is 14.7. The highest BCUT2D eigenvalue weighted by Gasteiger charge is 2.34. The number of aromatic amines is 2. The van der Waals surface area contributed by atoms with Crippen LogP contribution in [0.2, 0.25) is 25.1 Å². The van der Waals surface area contributed by atoms with Crippen LogP contribution in [0.25, 0.3) is 16.9 Å². The van der Waals surface area contributed by atoms with Crippen LogP contribution in [-0.2, 0) is 6.18 Å². The highest BCUT2D eigenvalue weighted by molar-refractivity contribution is 6.42. The van der Waals surface area contributed by atoms with E-state index in [-0.39, 0.29) is 83.2 Å². The summed E-state index contributed by atoms with van der Waals surface area (Å²) in [7, 11) is 0. The first-order chi connectivity index (χ1) is 38.2. The Hall–Kier alpha value is -9.39. The van der Waals surface area contributed by atoms with Gasteiger partial charge in [-0.2, -0.15) is 33.0 Å². The van der Waals surface area contributed by atoms with E-state index in [2.05, 4.69) is 46.8 Å². The molecule has 0 saturated carbocycles. The third-order valence-electron chi connectivity index (χ3n) is 10.9. The van der Waals surface area contributed by atoms with E-state index >= 15 is 0 Å². The largest absolute Gasteiger partial charge is 0.438 e. The van der Waals surface area contributed by atoms with Gasteiger partial charge in [-0.25, -0.2) is 24.6 Å². The van der Waals surface area contributed by atoms with Gasteiger partial charge in [-0.1, -0.05) is 70.1 Å². The lowest BCUT2D eigenvalue weighted by molar-refractivity contribution is -0.137. The van der Waals surface area contributed by atoms with Gasteiger partial charge in [0.15, 0.2) is 0 Å². The Morgan fingerprint density at radius 3 is 1.59 bits per heavy atom. The molecule has 0 radical (unpaired) electrons. The Morgan fingerprint density at radius 2 is 1.02 bits per heavy atom. The van der Waals surface area contributed by atoms with Gasteiger partial charge < -0.3 is 30.7 Å². The molecule has 9 aromatic rings. The molecule has 0 saturated heterocycles. The number of nitrogens with one attached hydrogen (secondary N) is 6. The topological polar surface area (TPSA) is 251 Å². The average Bonchev–Trinajstić information content (AvgIpc) is 3.49. The molecule has 0 spiro atoms. The average molecular weight is 1190 g/mol. The van der Waals surface area contributed by atoms with E-state index in [0.717, 1.165) is 32.9 Å². The fraction of sp³-hybridized carbons (Fsp3) is 0.0192. The minimum Gasteiger partial charge on any atom is -0.438 e. The first-order valence-corrected chi connectivity index (χ1v) is 24.6. The third kappa shape index (κ3) is 13.3. The number of benzene rings is 6. The Balaban J connectivity index is 0.989. The Labute approximate surface area is 472 Å². The number of rotatable bonds is 12. The quantitative estimate of drug-likeness (QED) is 0.0628. The lowest BCUT2D eigenvalue weighted by Gasteiger charge is -2.35. The first kappa shape index (κ1) is 55.4. The zero-order valence-corrected chi connectivity index (χ0v) is 43.8. The smallest absolute Gasteiger partial charge is 0.417 e. The van der Waals surface area contributed by atoms with E-state index < -0.39 is 51.5 Å². The second-order valence-electron chi connectivity index (χ2n) is 16.4. The predicted molar refractivity (Wildman–Crippen MR) is 297 cm³/mol. The number of alkyl halides is 3. The number of H-pyrrole nitrogens is 2. The van der Waals surface area contributed by atoms with Crippen molar-refractivity contribution in [3.05, 3.63) is 219 Å². The van der Waals surface area contributed by atoms with Crippen LogP contribution in [0.1, 0.15) is 5.56 Å². The monoisotopic (exact) mass is 1180 g/mol. The van der Waals surface area contributed by atoms with Crippen LogP contribution in [-0.4, -0.2) is 48.3 Å². The van der Waals surface area contributed by atoms with Gasteiger partial charge in [-0.15, -0.1) is 10.2 Å². The summed E-state index contributed by atoms with van der Waals surface area (Å²) >= 11 is 30.6. The normalized spacial score (nSPS) is 11.1. The molecule has 9 rings (SSSR count). The molecule has 6 aromatic carbocycles. The molecule has 20 nitrogen and oxygen atoms in total. The van der Waals surface area contributed by atoms with Crippen LogP contribution in [0.15, 0.2) is 172 Å². The maximum Gasteiger partial charge on any atom is 0.417 e. The van der Waals surface area contributed by atoms with Crippen molar-refractivity contribution in [2.45, 2.75) is 6.18 Å². The summed E-state index contributed by atoms with van der Waals surface area (Å²) in [6.45, 7) is 0. The van der Waals surface area contributed by atoms with Crippen LogP contribution in [0.4, 0.5) is 61.7 Å². The van der Waals surface area contributed by atoms with Crippen molar-refractivity contribution in [1.29, 1.82) is 0 Å². The molecule has 404 valence electrons. The number of ether oxygens (including phenoxy) is 2. The number of hydrazine groups is 1. The van der Waals surface area contributed by atoms with Crippen molar-refractivity contribution >= 4 is 110 Å². The van der Waals surface area contributed by atoms with Gasteiger partial charge in [-0.3, -0.25) is 14.4 Å². The van der Waals surface area contributed by atoms with Crippen LogP contribution in [0.5, 0.6) is 23.3 Å². The molecule has 28 heteroatoms. The molecular formula is C52H32Cl5F3N12O8. The molecule has 0 fully saturated rings.